The van der Waals surface area contributed by atoms with Crippen LogP contribution in [0.3, 0.4) is 0 Å². The number of ether oxygens (including phenoxy) is 1. The van der Waals surface area contributed by atoms with Gasteiger partial charge in [0.05, 0.1) is 6.61 Å². The molecule has 0 rings (SSSR count). The van der Waals surface area contributed by atoms with E-state index in [1.807, 2.05) is 0 Å². The van der Waals surface area contributed by atoms with E-state index in [0.717, 1.165) is 12.8 Å². The van der Waals surface area contributed by atoms with Gasteiger partial charge in [0.15, 0.2) is 0 Å². The predicted molar refractivity (Wildman–Crippen MR) is 83.7 cm³/mol. The molecule has 0 aliphatic carbocycles. The third-order valence-corrected chi connectivity index (χ3v) is 3.57. The molecule has 0 heterocycles. The maximum Gasteiger partial charge on any atom is 0.306 e. The standard InChI is InChI=1S/C17H34O3/c1-3-4-5-6-7-8-9-10-11-12-13-14-17(19)20-16(2)15-18/h16,18H,3-15H2,1-2H3. The zero-order chi connectivity index (χ0) is 15.1. The van der Waals surface area contributed by atoms with Crippen molar-refractivity contribution in [1.29, 1.82) is 0 Å². The van der Waals surface area contributed by atoms with E-state index in [2.05, 4.69) is 6.92 Å². The molecule has 0 saturated heterocycles. The second-order valence-electron chi connectivity index (χ2n) is 5.77. The van der Waals surface area contributed by atoms with Crippen LogP contribution in [0.2, 0.25) is 0 Å². The van der Waals surface area contributed by atoms with E-state index in [1.54, 1.807) is 6.92 Å². The van der Waals surface area contributed by atoms with Crippen LogP contribution in [0.15, 0.2) is 0 Å². The average Bonchev–Trinajstić information content (AvgIpc) is 2.44. The summed E-state index contributed by atoms with van der Waals surface area (Å²) in [4.78, 5) is 11.3. The van der Waals surface area contributed by atoms with Gasteiger partial charge in [-0.3, -0.25) is 4.79 Å². The summed E-state index contributed by atoms with van der Waals surface area (Å²) in [5, 5.41) is 8.77. The first-order valence-electron chi connectivity index (χ1n) is 8.51. The van der Waals surface area contributed by atoms with Crippen LogP contribution >= 0.6 is 0 Å². The predicted octanol–water partition coefficient (Wildman–Crippen LogP) is 4.61. The molecule has 1 unspecified atom stereocenters. The molecule has 0 fully saturated rings. The summed E-state index contributed by atoms with van der Waals surface area (Å²) in [6, 6.07) is 0. The van der Waals surface area contributed by atoms with Gasteiger partial charge < -0.3 is 9.84 Å². The minimum atomic E-state index is -0.366. The summed E-state index contributed by atoms with van der Waals surface area (Å²) in [5.41, 5.74) is 0. The van der Waals surface area contributed by atoms with Crippen molar-refractivity contribution in [3.63, 3.8) is 0 Å². The van der Waals surface area contributed by atoms with E-state index in [0.29, 0.717) is 6.42 Å². The summed E-state index contributed by atoms with van der Waals surface area (Å²) in [7, 11) is 0. The lowest BCUT2D eigenvalue weighted by molar-refractivity contribution is -0.150. The Morgan fingerprint density at radius 1 is 0.900 bits per heavy atom. The lowest BCUT2D eigenvalue weighted by Gasteiger charge is -2.09. The van der Waals surface area contributed by atoms with Crippen molar-refractivity contribution in [3.8, 4) is 0 Å². The lowest BCUT2D eigenvalue weighted by atomic mass is 10.1. The Kier molecular flexibility index (Phi) is 14.4. The van der Waals surface area contributed by atoms with Crippen molar-refractivity contribution in [3.05, 3.63) is 0 Å². The average molecular weight is 286 g/mol. The molecule has 3 heteroatoms. The molecule has 0 radical (unpaired) electrons. The first kappa shape index (κ1) is 19.4. The molecule has 0 aliphatic heterocycles. The number of esters is 1. The number of carbonyl (C=O) groups excluding carboxylic acids is 1. The normalized spacial score (nSPS) is 12.3. The monoisotopic (exact) mass is 286 g/mol. The van der Waals surface area contributed by atoms with Crippen molar-refractivity contribution < 1.29 is 14.6 Å². The molecule has 0 bridgehead atoms. The van der Waals surface area contributed by atoms with Crippen molar-refractivity contribution in [2.45, 2.75) is 97.0 Å². The zero-order valence-electron chi connectivity index (χ0n) is 13.5. The van der Waals surface area contributed by atoms with E-state index in [1.165, 1.54) is 57.8 Å². The molecule has 0 aromatic heterocycles. The number of aliphatic hydroxyl groups excluding tert-OH is 1. The van der Waals surface area contributed by atoms with Crippen molar-refractivity contribution >= 4 is 5.97 Å². The van der Waals surface area contributed by atoms with Crippen LogP contribution in [0, 0.1) is 0 Å². The van der Waals surface area contributed by atoms with Crippen LogP contribution in [0.4, 0.5) is 0 Å². The Balaban J connectivity index is 3.14. The van der Waals surface area contributed by atoms with Crippen LogP contribution in [-0.2, 0) is 9.53 Å². The largest absolute Gasteiger partial charge is 0.460 e. The van der Waals surface area contributed by atoms with Crippen LogP contribution in [0.25, 0.3) is 0 Å². The van der Waals surface area contributed by atoms with Gasteiger partial charge in [0.1, 0.15) is 6.10 Å². The lowest BCUT2D eigenvalue weighted by Crippen LogP contribution is -2.18. The van der Waals surface area contributed by atoms with Crippen molar-refractivity contribution in [1.82, 2.24) is 0 Å². The molecule has 1 N–H and O–H groups in total. The molecule has 0 spiro atoms. The second-order valence-corrected chi connectivity index (χ2v) is 5.77. The van der Waals surface area contributed by atoms with Crippen molar-refractivity contribution in [2.24, 2.45) is 0 Å². The third-order valence-electron chi connectivity index (χ3n) is 3.57. The minimum absolute atomic E-state index is 0.0933. The molecule has 0 aromatic carbocycles. The molecule has 120 valence electrons. The van der Waals surface area contributed by atoms with Gasteiger partial charge in [0.25, 0.3) is 0 Å². The quantitative estimate of drug-likeness (QED) is 0.374. The van der Waals surface area contributed by atoms with Gasteiger partial charge in [-0.1, -0.05) is 71.1 Å². The number of aliphatic hydroxyl groups is 1. The SMILES string of the molecule is CCCCCCCCCCCCCC(=O)OC(C)CO. The fraction of sp³-hybridized carbons (Fsp3) is 0.941. The molecule has 0 aliphatic rings. The highest BCUT2D eigenvalue weighted by Crippen LogP contribution is 2.12. The topological polar surface area (TPSA) is 46.5 Å². The van der Waals surface area contributed by atoms with Gasteiger partial charge in [-0.05, 0) is 13.3 Å². The Morgan fingerprint density at radius 2 is 1.35 bits per heavy atom. The summed E-state index contributed by atoms with van der Waals surface area (Å²) >= 11 is 0. The maximum absolute atomic E-state index is 11.3. The molecule has 20 heavy (non-hydrogen) atoms. The van der Waals surface area contributed by atoms with Crippen LogP contribution in [-0.4, -0.2) is 23.8 Å². The number of unbranched alkanes of at least 4 members (excludes halogenated alkanes) is 10. The molecule has 0 amide bonds. The summed E-state index contributed by atoms with van der Waals surface area (Å²) < 4.78 is 5.00. The van der Waals surface area contributed by atoms with Crippen LogP contribution in [0.5, 0.6) is 0 Å². The number of hydrogen-bond donors (Lipinski definition) is 1. The summed E-state index contributed by atoms with van der Waals surface area (Å²) in [6.45, 7) is 3.86. The highest BCUT2D eigenvalue weighted by atomic mass is 16.5. The highest BCUT2D eigenvalue weighted by molar-refractivity contribution is 5.69. The first-order chi connectivity index (χ1) is 9.70. The van der Waals surface area contributed by atoms with E-state index in [-0.39, 0.29) is 18.7 Å². The second kappa shape index (κ2) is 14.8. The smallest absolute Gasteiger partial charge is 0.306 e. The molecular formula is C17H34O3. The minimum Gasteiger partial charge on any atom is -0.460 e. The van der Waals surface area contributed by atoms with E-state index in [4.69, 9.17) is 9.84 Å². The Bertz CT molecular complexity index is 216. The highest BCUT2D eigenvalue weighted by Gasteiger charge is 2.07. The van der Waals surface area contributed by atoms with Crippen LogP contribution < -0.4 is 0 Å². The molecular weight excluding hydrogens is 252 g/mol. The number of hydrogen-bond acceptors (Lipinski definition) is 3. The maximum atomic E-state index is 11.3. The fourth-order valence-electron chi connectivity index (χ4n) is 2.25. The third kappa shape index (κ3) is 13.9. The van der Waals surface area contributed by atoms with Gasteiger partial charge in [-0.2, -0.15) is 0 Å². The summed E-state index contributed by atoms with van der Waals surface area (Å²) in [5.74, 6) is -0.178. The Labute approximate surface area is 125 Å². The van der Waals surface area contributed by atoms with Gasteiger partial charge in [0.2, 0.25) is 0 Å². The molecule has 1 atom stereocenters. The molecule has 0 aromatic rings. The molecule has 0 saturated carbocycles. The fourth-order valence-corrected chi connectivity index (χ4v) is 2.25. The number of rotatable bonds is 14. The summed E-state index contributed by atoms with van der Waals surface area (Å²) in [6.07, 6.45) is 14.2. The van der Waals surface area contributed by atoms with Crippen molar-refractivity contribution in [2.75, 3.05) is 6.61 Å². The van der Waals surface area contributed by atoms with Crippen LogP contribution in [0.1, 0.15) is 90.9 Å². The van der Waals surface area contributed by atoms with Gasteiger partial charge >= 0.3 is 5.97 Å². The van der Waals surface area contributed by atoms with Gasteiger partial charge in [0, 0.05) is 6.42 Å². The molecule has 3 nitrogen and oxygen atoms in total. The van der Waals surface area contributed by atoms with E-state index in [9.17, 15) is 4.79 Å². The van der Waals surface area contributed by atoms with Gasteiger partial charge in [-0.25, -0.2) is 0 Å². The zero-order valence-corrected chi connectivity index (χ0v) is 13.5. The van der Waals surface area contributed by atoms with E-state index < -0.39 is 0 Å². The first-order valence-corrected chi connectivity index (χ1v) is 8.51. The van der Waals surface area contributed by atoms with Gasteiger partial charge in [-0.15, -0.1) is 0 Å². The Morgan fingerprint density at radius 3 is 1.80 bits per heavy atom. The van der Waals surface area contributed by atoms with E-state index >= 15 is 0 Å². The Hall–Kier alpha value is -0.570. The number of carbonyl (C=O) groups is 1.